The maximum Gasteiger partial charge on any atom is 0.257 e. The van der Waals surface area contributed by atoms with Gasteiger partial charge in [-0.1, -0.05) is 26.5 Å². The second-order valence-electron chi connectivity index (χ2n) is 6.39. The Hall–Kier alpha value is -2.63. The van der Waals surface area contributed by atoms with Crippen LogP contribution in [0.1, 0.15) is 24.2 Å². The summed E-state index contributed by atoms with van der Waals surface area (Å²) in [7, 11) is 0. The highest BCUT2D eigenvalue weighted by molar-refractivity contribution is 6.00. The standard InChI is InChI=1S/C18H22N4O2/c1-4-17(23)21-10-9-20(12-16(21)13(2)3)18(24)14-11-19-22-8-6-5-7-15(14)22/h4-8,11,13,16H,1,9-10,12H2,2-3H3/t16-/m1/s1. The summed E-state index contributed by atoms with van der Waals surface area (Å²) in [6.07, 6.45) is 4.78. The van der Waals surface area contributed by atoms with Crippen molar-refractivity contribution in [2.75, 3.05) is 19.6 Å². The van der Waals surface area contributed by atoms with Gasteiger partial charge in [-0.3, -0.25) is 9.59 Å². The quantitative estimate of drug-likeness (QED) is 0.809. The van der Waals surface area contributed by atoms with Crippen LogP contribution in [-0.4, -0.2) is 56.9 Å². The predicted molar refractivity (Wildman–Crippen MR) is 91.6 cm³/mol. The van der Waals surface area contributed by atoms with E-state index in [1.54, 1.807) is 10.7 Å². The van der Waals surface area contributed by atoms with Gasteiger partial charge in [0.25, 0.3) is 5.91 Å². The third-order valence-electron chi connectivity index (χ3n) is 4.59. The Kier molecular flexibility index (Phi) is 4.38. The van der Waals surface area contributed by atoms with Gasteiger partial charge < -0.3 is 9.80 Å². The molecule has 0 N–H and O–H groups in total. The fourth-order valence-electron chi connectivity index (χ4n) is 3.23. The summed E-state index contributed by atoms with van der Waals surface area (Å²) < 4.78 is 1.70. The molecule has 2 amide bonds. The molecular weight excluding hydrogens is 304 g/mol. The van der Waals surface area contributed by atoms with Crippen molar-refractivity contribution >= 4 is 17.3 Å². The van der Waals surface area contributed by atoms with Gasteiger partial charge in [-0.15, -0.1) is 0 Å². The van der Waals surface area contributed by atoms with Crippen LogP contribution in [0.25, 0.3) is 5.52 Å². The minimum atomic E-state index is -0.0724. The molecule has 2 aromatic heterocycles. The Labute approximate surface area is 141 Å². The zero-order chi connectivity index (χ0) is 17.3. The summed E-state index contributed by atoms with van der Waals surface area (Å²) in [5.74, 6) is 0.151. The molecule has 0 aliphatic carbocycles. The molecule has 1 fully saturated rings. The molecular formula is C18H22N4O2. The second kappa shape index (κ2) is 6.47. The first-order chi connectivity index (χ1) is 11.5. The number of rotatable bonds is 3. The lowest BCUT2D eigenvalue weighted by molar-refractivity contribution is -0.131. The molecule has 6 heteroatoms. The summed E-state index contributed by atoms with van der Waals surface area (Å²) in [5.41, 5.74) is 1.40. The Morgan fingerprint density at radius 1 is 1.33 bits per heavy atom. The lowest BCUT2D eigenvalue weighted by atomic mass is 9.99. The largest absolute Gasteiger partial charge is 0.335 e. The highest BCUT2D eigenvalue weighted by atomic mass is 16.2. The van der Waals surface area contributed by atoms with Crippen LogP contribution >= 0.6 is 0 Å². The molecule has 3 heterocycles. The molecule has 0 radical (unpaired) electrons. The topological polar surface area (TPSA) is 57.9 Å². The number of carbonyl (C=O) groups is 2. The van der Waals surface area contributed by atoms with Crippen molar-refractivity contribution in [2.45, 2.75) is 19.9 Å². The van der Waals surface area contributed by atoms with Crippen LogP contribution in [0.3, 0.4) is 0 Å². The van der Waals surface area contributed by atoms with E-state index in [1.807, 2.05) is 34.2 Å². The van der Waals surface area contributed by atoms with Crippen molar-refractivity contribution in [3.05, 3.63) is 48.8 Å². The Balaban J connectivity index is 1.84. The number of fused-ring (bicyclic) bond motifs is 1. The molecule has 0 aromatic carbocycles. The average molecular weight is 326 g/mol. The zero-order valence-corrected chi connectivity index (χ0v) is 14.1. The molecule has 1 saturated heterocycles. The number of hydrogen-bond donors (Lipinski definition) is 0. The molecule has 2 aromatic rings. The first kappa shape index (κ1) is 16.2. The van der Waals surface area contributed by atoms with Crippen LogP contribution in [-0.2, 0) is 4.79 Å². The van der Waals surface area contributed by atoms with Crippen LogP contribution in [0.2, 0.25) is 0 Å². The highest BCUT2D eigenvalue weighted by Gasteiger charge is 2.34. The van der Waals surface area contributed by atoms with Gasteiger partial charge in [0.1, 0.15) is 0 Å². The number of nitrogens with zero attached hydrogens (tertiary/aromatic N) is 4. The van der Waals surface area contributed by atoms with Crippen molar-refractivity contribution < 1.29 is 9.59 Å². The van der Waals surface area contributed by atoms with E-state index in [9.17, 15) is 9.59 Å². The minimum Gasteiger partial charge on any atom is -0.335 e. The van der Waals surface area contributed by atoms with Gasteiger partial charge >= 0.3 is 0 Å². The second-order valence-corrected chi connectivity index (χ2v) is 6.39. The van der Waals surface area contributed by atoms with Gasteiger partial charge in [-0.25, -0.2) is 4.52 Å². The number of carbonyl (C=O) groups excluding carboxylic acids is 2. The van der Waals surface area contributed by atoms with Gasteiger partial charge in [0.15, 0.2) is 0 Å². The molecule has 0 unspecified atom stereocenters. The molecule has 1 atom stereocenters. The Morgan fingerprint density at radius 3 is 2.83 bits per heavy atom. The number of pyridine rings is 1. The third kappa shape index (κ3) is 2.79. The van der Waals surface area contributed by atoms with E-state index in [0.717, 1.165) is 5.52 Å². The van der Waals surface area contributed by atoms with Crippen molar-refractivity contribution in [3.8, 4) is 0 Å². The number of piperazine rings is 1. The Morgan fingerprint density at radius 2 is 2.12 bits per heavy atom. The molecule has 6 nitrogen and oxygen atoms in total. The maximum atomic E-state index is 12.9. The molecule has 3 rings (SSSR count). The van der Waals surface area contributed by atoms with Gasteiger partial charge in [0.2, 0.25) is 5.91 Å². The van der Waals surface area contributed by atoms with Crippen LogP contribution in [0.5, 0.6) is 0 Å². The lowest BCUT2D eigenvalue weighted by Gasteiger charge is -2.43. The van der Waals surface area contributed by atoms with Crippen LogP contribution in [0.15, 0.2) is 43.2 Å². The molecule has 1 aliphatic rings. The van der Waals surface area contributed by atoms with E-state index in [-0.39, 0.29) is 23.8 Å². The lowest BCUT2D eigenvalue weighted by Crippen LogP contribution is -2.58. The van der Waals surface area contributed by atoms with Gasteiger partial charge in [0.05, 0.1) is 23.3 Å². The fraction of sp³-hybridized carbons (Fsp3) is 0.389. The summed E-state index contributed by atoms with van der Waals surface area (Å²) in [5, 5.41) is 4.24. The molecule has 126 valence electrons. The number of amides is 2. The average Bonchev–Trinajstić information content (AvgIpc) is 3.04. The Bertz CT molecular complexity index is 780. The maximum absolute atomic E-state index is 12.9. The first-order valence-electron chi connectivity index (χ1n) is 8.17. The summed E-state index contributed by atoms with van der Waals surface area (Å²) in [4.78, 5) is 28.6. The SMILES string of the molecule is C=CC(=O)N1CCN(C(=O)c2cnn3ccccc23)C[C@@H]1C(C)C. The minimum absolute atomic E-state index is 0.00459. The molecule has 1 aliphatic heterocycles. The smallest absolute Gasteiger partial charge is 0.257 e. The van der Waals surface area contributed by atoms with Gasteiger partial charge in [-0.2, -0.15) is 5.10 Å². The number of hydrogen-bond acceptors (Lipinski definition) is 3. The van der Waals surface area contributed by atoms with Gasteiger partial charge in [0, 0.05) is 25.8 Å². The van der Waals surface area contributed by atoms with Crippen LogP contribution in [0, 0.1) is 5.92 Å². The molecule has 24 heavy (non-hydrogen) atoms. The molecule has 0 spiro atoms. The summed E-state index contributed by atoms with van der Waals surface area (Å²) >= 11 is 0. The van der Waals surface area contributed by atoms with E-state index in [0.29, 0.717) is 25.2 Å². The zero-order valence-electron chi connectivity index (χ0n) is 14.1. The monoisotopic (exact) mass is 326 g/mol. The highest BCUT2D eigenvalue weighted by Crippen LogP contribution is 2.21. The van der Waals surface area contributed by atoms with E-state index in [1.165, 1.54) is 6.08 Å². The third-order valence-corrected chi connectivity index (χ3v) is 4.59. The van der Waals surface area contributed by atoms with Gasteiger partial charge in [-0.05, 0) is 24.1 Å². The number of aromatic nitrogens is 2. The van der Waals surface area contributed by atoms with E-state index >= 15 is 0 Å². The van der Waals surface area contributed by atoms with Crippen LogP contribution < -0.4 is 0 Å². The van der Waals surface area contributed by atoms with Crippen molar-refractivity contribution in [1.82, 2.24) is 19.4 Å². The van der Waals surface area contributed by atoms with E-state index in [4.69, 9.17) is 0 Å². The fourth-order valence-corrected chi connectivity index (χ4v) is 3.23. The van der Waals surface area contributed by atoms with Crippen molar-refractivity contribution in [3.63, 3.8) is 0 Å². The van der Waals surface area contributed by atoms with E-state index in [2.05, 4.69) is 25.5 Å². The van der Waals surface area contributed by atoms with Crippen LogP contribution in [0.4, 0.5) is 0 Å². The summed E-state index contributed by atoms with van der Waals surface area (Å²) in [6, 6.07) is 5.65. The van der Waals surface area contributed by atoms with Crippen molar-refractivity contribution in [2.24, 2.45) is 5.92 Å². The predicted octanol–water partition coefficient (Wildman–Crippen LogP) is 1.83. The van der Waals surface area contributed by atoms with E-state index < -0.39 is 0 Å². The normalized spacial score (nSPS) is 18.2. The first-order valence-corrected chi connectivity index (χ1v) is 8.17. The van der Waals surface area contributed by atoms with Crippen molar-refractivity contribution in [1.29, 1.82) is 0 Å². The molecule has 0 saturated carbocycles. The molecule has 0 bridgehead atoms. The summed E-state index contributed by atoms with van der Waals surface area (Å²) in [6.45, 7) is 9.28.